The second-order valence-electron chi connectivity index (χ2n) is 8.33. The molecule has 182 valence electrons. The van der Waals surface area contributed by atoms with Crippen molar-refractivity contribution in [2.45, 2.75) is 4.90 Å². The van der Waals surface area contributed by atoms with Crippen LogP contribution in [0.3, 0.4) is 0 Å². The summed E-state index contributed by atoms with van der Waals surface area (Å²) in [5.74, 6) is -0.264. The fraction of sp³-hybridized carbons (Fsp3) is 0.208. The van der Waals surface area contributed by atoms with Crippen LogP contribution in [0.2, 0.25) is 0 Å². The molecule has 0 saturated carbocycles. The number of anilines is 1. The number of carbonyl (C=O) groups excluding carboxylic acids is 1. The van der Waals surface area contributed by atoms with E-state index in [1.54, 1.807) is 41.6 Å². The van der Waals surface area contributed by atoms with Gasteiger partial charge in [-0.25, -0.2) is 8.42 Å². The van der Waals surface area contributed by atoms with E-state index in [0.29, 0.717) is 29.1 Å². The summed E-state index contributed by atoms with van der Waals surface area (Å²) >= 11 is 0. The highest BCUT2D eigenvalue weighted by atomic mass is 32.2. The molecule has 5 rings (SSSR count). The number of nitriles is 1. The minimum atomic E-state index is -3.87. The Morgan fingerprint density at radius 2 is 1.81 bits per heavy atom. The van der Waals surface area contributed by atoms with Crippen LogP contribution in [0.25, 0.3) is 11.1 Å². The lowest BCUT2D eigenvalue weighted by Gasteiger charge is -2.40. The number of nitro groups is 1. The number of ether oxygens (including phenoxy) is 1. The normalized spacial score (nSPS) is 15.8. The number of rotatable bonds is 5. The van der Waals surface area contributed by atoms with Crippen LogP contribution in [0.1, 0.15) is 5.56 Å². The first kappa shape index (κ1) is 23.4. The Kier molecular flexibility index (Phi) is 5.87. The number of hydrogen-bond acceptors (Lipinski definition) is 8. The molecule has 0 radical (unpaired) electrons. The Morgan fingerprint density at radius 1 is 1.11 bits per heavy atom. The van der Waals surface area contributed by atoms with Crippen LogP contribution >= 0.6 is 0 Å². The summed E-state index contributed by atoms with van der Waals surface area (Å²) in [6.07, 6.45) is 3.18. The van der Waals surface area contributed by atoms with Gasteiger partial charge in [-0.2, -0.15) is 9.57 Å². The molecule has 0 N–H and O–H groups in total. The van der Waals surface area contributed by atoms with Crippen molar-refractivity contribution >= 4 is 27.3 Å². The Balaban J connectivity index is 1.33. The Labute approximate surface area is 206 Å². The highest BCUT2D eigenvalue weighted by Gasteiger charge is 2.43. The summed E-state index contributed by atoms with van der Waals surface area (Å²) in [5.41, 5.74) is 2.30. The Hall–Kier alpha value is -4.34. The van der Waals surface area contributed by atoms with Crippen molar-refractivity contribution in [3.8, 4) is 22.9 Å². The molecule has 0 spiro atoms. The third-order valence-corrected chi connectivity index (χ3v) is 8.05. The topological polar surface area (TPSA) is 147 Å². The lowest BCUT2D eigenvalue weighted by atomic mass is 10.00. The molecule has 11 nitrogen and oxygen atoms in total. The van der Waals surface area contributed by atoms with Crippen LogP contribution in [-0.2, 0) is 14.8 Å². The van der Waals surface area contributed by atoms with Gasteiger partial charge in [0.1, 0.15) is 12.3 Å². The maximum Gasteiger partial charge on any atom is 0.269 e. The van der Waals surface area contributed by atoms with Gasteiger partial charge in [0.05, 0.1) is 40.1 Å². The van der Waals surface area contributed by atoms with Crippen molar-refractivity contribution in [2.24, 2.45) is 5.92 Å². The molecule has 1 amide bonds. The van der Waals surface area contributed by atoms with Gasteiger partial charge in [0, 0.05) is 37.0 Å². The number of non-ortho nitro benzene ring substituents is 1. The van der Waals surface area contributed by atoms with E-state index in [1.807, 2.05) is 0 Å². The van der Waals surface area contributed by atoms with Crippen molar-refractivity contribution in [3.63, 3.8) is 0 Å². The van der Waals surface area contributed by atoms with Crippen molar-refractivity contribution < 1.29 is 22.9 Å². The third-order valence-electron chi connectivity index (χ3n) is 6.20. The summed E-state index contributed by atoms with van der Waals surface area (Å²) < 4.78 is 32.8. The number of sulfonamides is 1. The number of nitrogens with zero attached hydrogens (tertiary/aromatic N) is 5. The van der Waals surface area contributed by atoms with Gasteiger partial charge in [-0.3, -0.25) is 19.9 Å². The summed E-state index contributed by atoms with van der Waals surface area (Å²) in [6, 6.07) is 13.7. The van der Waals surface area contributed by atoms with Gasteiger partial charge in [-0.05, 0) is 29.8 Å². The molecule has 1 fully saturated rings. The molecule has 3 heterocycles. The lowest BCUT2D eigenvalue weighted by Crippen LogP contribution is -2.57. The maximum atomic E-state index is 13.3. The monoisotopic (exact) mass is 505 g/mol. The van der Waals surface area contributed by atoms with Gasteiger partial charge in [-0.15, -0.1) is 0 Å². The van der Waals surface area contributed by atoms with Gasteiger partial charge >= 0.3 is 0 Å². The number of hydrogen-bond donors (Lipinski definition) is 0. The quantitative estimate of drug-likeness (QED) is 0.380. The maximum absolute atomic E-state index is 13.3. The largest absolute Gasteiger partial charge is 0.489 e. The van der Waals surface area contributed by atoms with Gasteiger partial charge in [0.2, 0.25) is 15.9 Å². The summed E-state index contributed by atoms with van der Waals surface area (Å²) in [6.45, 7) is 0.584. The third kappa shape index (κ3) is 4.04. The van der Waals surface area contributed by atoms with Crippen LogP contribution in [0.15, 0.2) is 65.8 Å². The average Bonchev–Trinajstić information content (AvgIpc) is 2.87. The van der Waals surface area contributed by atoms with E-state index in [4.69, 9.17) is 10.00 Å². The molecule has 3 aromatic rings. The molecule has 1 aromatic heterocycles. The molecule has 0 bridgehead atoms. The van der Waals surface area contributed by atoms with Crippen molar-refractivity contribution in [1.29, 1.82) is 5.26 Å². The molecule has 0 aliphatic carbocycles. The smallest absolute Gasteiger partial charge is 0.269 e. The van der Waals surface area contributed by atoms with E-state index < -0.39 is 20.9 Å². The minimum absolute atomic E-state index is 0.00753. The number of benzene rings is 2. The van der Waals surface area contributed by atoms with Crippen molar-refractivity contribution in [3.05, 3.63) is 76.6 Å². The number of pyridine rings is 1. The standard InChI is InChI=1S/C24H19N5O6S/c25-11-16-1-3-17(4-2-16)21-12-26-13-22-23(21)35-10-9-28(22)24(30)18-14-27(15-18)36(33,34)20-7-5-19(6-8-20)29(31)32/h1-8,12-13,18H,9-10,14-15H2. The highest BCUT2D eigenvalue weighted by molar-refractivity contribution is 7.89. The van der Waals surface area contributed by atoms with Crippen LogP contribution in [-0.4, -0.2) is 54.8 Å². The molecule has 2 aromatic carbocycles. The van der Waals surface area contributed by atoms with Gasteiger partial charge in [0.15, 0.2) is 5.75 Å². The number of amides is 1. The number of aromatic nitrogens is 1. The van der Waals surface area contributed by atoms with E-state index >= 15 is 0 Å². The van der Waals surface area contributed by atoms with Crippen molar-refractivity contribution in [2.75, 3.05) is 31.1 Å². The summed E-state index contributed by atoms with van der Waals surface area (Å²) in [4.78, 5) is 29.3. The second kappa shape index (κ2) is 9.03. The zero-order valence-corrected chi connectivity index (χ0v) is 19.6. The Bertz CT molecular complexity index is 1490. The fourth-order valence-electron chi connectivity index (χ4n) is 4.20. The van der Waals surface area contributed by atoms with E-state index in [0.717, 1.165) is 17.7 Å². The minimum Gasteiger partial charge on any atom is -0.489 e. The average molecular weight is 506 g/mol. The lowest BCUT2D eigenvalue weighted by molar-refractivity contribution is -0.384. The van der Waals surface area contributed by atoms with E-state index in [1.165, 1.54) is 16.4 Å². The molecule has 2 aliphatic heterocycles. The van der Waals surface area contributed by atoms with E-state index in [9.17, 15) is 23.3 Å². The molecule has 2 aliphatic rings. The SMILES string of the molecule is N#Cc1ccc(-c2cncc3c2OCCN3C(=O)C2CN(S(=O)(=O)c3ccc([N+](=O)[O-])cc3)C2)cc1. The first-order valence-electron chi connectivity index (χ1n) is 11.0. The zero-order chi connectivity index (χ0) is 25.4. The molecule has 36 heavy (non-hydrogen) atoms. The van der Waals surface area contributed by atoms with Crippen LogP contribution in [0, 0.1) is 27.4 Å². The van der Waals surface area contributed by atoms with E-state index in [2.05, 4.69) is 11.1 Å². The highest BCUT2D eigenvalue weighted by Crippen LogP contribution is 2.41. The van der Waals surface area contributed by atoms with Crippen molar-refractivity contribution in [1.82, 2.24) is 9.29 Å². The molecule has 0 unspecified atom stereocenters. The predicted molar refractivity (Wildman–Crippen MR) is 128 cm³/mol. The second-order valence-corrected chi connectivity index (χ2v) is 10.3. The molecule has 0 atom stereocenters. The van der Waals surface area contributed by atoms with E-state index in [-0.39, 0.29) is 36.2 Å². The predicted octanol–water partition coefficient (Wildman–Crippen LogP) is 2.57. The van der Waals surface area contributed by atoms with Crippen LogP contribution in [0.5, 0.6) is 5.75 Å². The molecular formula is C24H19N5O6S. The molecule has 1 saturated heterocycles. The summed E-state index contributed by atoms with van der Waals surface area (Å²) in [7, 11) is -3.87. The number of nitro benzene ring substituents is 1. The van der Waals surface area contributed by atoms with Gasteiger partial charge in [-0.1, -0.05) is 12.1 Å². The molecule has 12 heteroatoms. The number of carbonyl (C=O) groups is 1. The summed E-state index contributed by atoms with van der Waals surface area (Å²) in [5, 5.41) is 19.9. The van der Waals surface area contributed by atoms with Crippen LogP contribution < -0.4 is 9.64 Å². The van der Waals surface area contributed by atoms with Crippen LogP contribution in [0.4, 0.5) is 11.4 Å². The first-order valence-corrected chi connectivity index (χ1v) is 12.4. The molecular weight excluding hydrogens is 486 g/mol. The number of fused-ring (bicyclic) bond motifs is 1. The zero-order valence-electron chi connectivity index (χ0n) is 18.8. The Morgan fingerprint density at radius 3 is 2.44 bits per heavy atom. The van der Waals surface area contributed by atoms with Gasteiger partial charge in [0.25, 0.3) is 5.69 Å². The van der Waals surface area contributed by atoms with Gasteiger partial charge < -0.3 is 9.64 Å². The fourth-order valence-corrected chi connectivity index (χ4v) is 5.73. The first-order chi connectivity index (χ1) is 17.3.